The van der Waals surface area contributed by atoms with Crippen LogP contribution in [0.3, 0.4) is 0 Å². The lowest BCUT2D eigenvalue weighted by Crippen LogP contribution is -2.39. The Hall–Kier alpha value is -1.75. The van der Waals surface area contributed by atoms with Gasteiger partial charge < -0.3 is 10.1 Å². The number of nitrogens with one attached hydrogen (secondary N) is 1. The molecule has 1 aromatic carbocycles. The molecule has 1 saturated heterocycles. The predicted octanol–water partition coefficient (Wildman–Crippen LogP) is 2.30. The minimum Gasteiger partial charge on any atom is -0.495 e. The Morgan fingerprint density at radius 1 is 1.40 bits per heavy atom. The van der Waals surface area contributed by atoms with Gasteiger partial charge in [-0.25, -0.2) is 0 Å². The van der Waals surface area contributed by atoms with Crippen molar-refractivity contribution in [2.45, 2.75) is 32.4 Å². The zero-order valence-corrected chi connectivity index (χ0v) is 12.4. The first-order valence-electron chi connectivity index (χ1n) is 6.40. The molecule has 1 atom stereocenters. The highest BCUT2D eigenvalue weighted by Crippen LogP contribution is 2.29. The van der Waals surface area contributed by atoms with Gasteiger partial charge in [-0.2, -0.15) is 0 Å². The molecule has 1 aliphatic heterocycles. The number of carbonyl (C=O) groups excluding carboxylic acids is 2. The third-order valence-electron chi connectivity index (χ3n) is 3.19. The molecule has 0 saturated carbocycles. The molecule has 0 aliphatic carbocycles. The van der Waals surface area contributed by atoms with Crippen molar-refractivity contribution in [2.75, 3.05) is 12.4 Å². The molecule has 1 unspecified atom stereocenters. The lowest BCUT2D eigenvalue weighted by Gasteiger charge is -2.19. The first-order chi connectivity index (χ1) is 9.43. The van der Waals surface area contributed by atoms with Crippen molar-refractivity contribution in [1.82, 2.24) is 4.90 Å². The van der Waals surface area contributed by atoms with Gasteiger partial charge in [0.1, 0.15) is 11.8 Å². The maximum Gasteiger partial charge on any atom is 0.252 e. The molecule has 0 bridgehead atoms. The summed E-state index contributed by atoms with van der Waals surface area (Å²) in [6, 6.07) is 4.49. The van der Waals surface area contributed by atoms with Crippen molar-refractivity contribution in [3.05, 3.63) is 23.2 Å². The predicted molar refractivity (Wildman–Crippen MR) is 77.0 cm³/mol. The minimum atomic E-state index is -0.532. The van der Waals surface area contributed by atoms with Crippen molar-refractivity contribution in [2.24, 2.45) is 0 Å². The fraction of sp³-hybridized carbons (Fsp3) is 0.429. The zero-order valence-electron chi connectivity index (χ0n) is 11.6. The Labute approximate surface area is 122 Å². The molecule has 20 heavy (non-hydrogen) atoms. The summed E-state index contributed by atoms with van der Waals surface area (Å²) < 4.78 is 5.12. The number of ether oxygens (including phenoxy) is 1. The molecule has 0 spiro atoms. The number of rotatable bonds is 4. The molecular formula is C14H17ClN2O3. The highest BCUT2D eigenvalue weighted by Gasteiger charge is 2.39. The Balaban J connectivity index is 2.15. The van der Waals surface area contributed by atoms with Crippen LogP contribution >= 0.6 is 11.6 Å². The molecule has 1 N–H and O–H groups in total. The Kier molecular flexibility index (Phi) is 4.18. The molecule has 0 radical (unpaired) electrons. The lowest BCUT2D eigenvalue weighted by molar-refractivity contribution is -0.140. The summed E-state index contributed by atoms with van der Waals surface area (Å²) in [4.78, 5) is 25.3. The van der Waals surface area contributed by atoms with E-state index in [0.717, 1.165) is 0 Å². The number of likely N-dealkylation sites (tertiary alicyclic amines) is 1. The van der Waals surface area contributed by atoms with Crippen LogP contribution in [0.1, 0.15) is 20.3 Å². The molecule has 5 nitrogen and oxygen atoms in total. The third kappa shape index (κ3) is 2.72. The quantitative estimate of drug-likeness (QED) is 0.866. The van der Waals surface area contributed by atoms with E-state index < -0.39 is 6.04 Å². The van der Waals surface area contributed by atoms with E-state index >= 15 is 0 Å². The Bertz CT molecular complexity index is 545. The van der Waals surface area contributed by atoms with Crippen LogP contribution in [0.15, 0.2) is 18.2 Å². The van der Waals surface area contributed by atoms with Gasteiger partial charge in [-0.3, -0.25) is 14.5 Å². The van der Waals surface area contributed by atoms with Gasteiger partial charge in [0.2, 0.25) is 5.91 Å². The third-order valence-corrected chi connectivity index (χ3v) is 3.50. The van der Waals surface area contributed by atoms with Crippen LogP contribution in [-0.4, -0.2) is 35.9 Å². The number of amides is 2. The van der Waals surface area contributed by atoms with Crippen LogP contribution in [0.5, 0.6) is 5.75 Å². The maximum atomic E-state index is 12.2. The molecule has 2 rings (SSSR count). The minimum absolute atomic E-state index is 0.124. The average molecular weight is 297 g/mol. The number of methoxy groups -OCH3 is 1. The van der Waals surface area contributed by atoms with Gasteiger partial charge in [-0.05, 0) is 26.0 Å². The number of imide groups is 1. The summed E-state index contributed by atoms with van der Waals surface area (Å²) in [6.45, 7) is 3.65. The largest absolute Gasteiger partial charge is 0.495 e. The monoisotopic (exact) mass is 296 g/mol. The lowest BCUT2D eigenvalue weighted by atomic mass is 10.2. The number of carbonyl (C=O) groups is 2. The van der Waals surface area contributed by atoms with Crippen molar-refractivity contribution in [3.63, 3.8) is 0 Å². The van der Waals surface area contributed by atoms with Crippen molar-refractivity contribution >= 4 is 29.1 Å². The maximum absolute atomic E-state index is 12.2. The number of hydrogen-bond donors (Lipinski definition) is 1. The van der Waals surface area contributed by atoms with Crippen LogP contribution in [-0.2, 0) is 9.59 Å². The summed E-state index contributed by atoms with van der Waals surface area (Å²) in [5, 5.41) is 3.55. The topological polar surface area (TPSA) is 58.6 Å². The number of benzene rings is 1. The first kappa shape index (κ1) is 14.7. The summed E-state index contributed by atoms with van der Waals surface area (Å²) >= 11 is 5.95. The smallest absolute Gasteiger partial charge is 0.252 e. The van der Waals surface area contributed by atoms with E-state index in [1.807, 2.05) is 13.8 Å². The molecule has 1 heterocycles. The highest BCUT2D eigenvalue weighted by molar-refractivity contribution is 6.32. The second-order valence-corrected chi connectivity index (χ2v) is 5.35. The Morgan fingerprint density at radius 3 is 2.65 bits per heavy atom. The van der Waals surface area contributed by atoms with Gasteiger partial charge in [-0.15, -0.1) is 0 Å². The van der Waals surface area contributed by atoms with E-state index in [4.69, 9.17) is 16.3 Å². The van der Waals surface area contributed by atoms with Gasteiger partial charge >= 0.3 is 0 Å². The zero-order chi connectivity index (χ0) is 14.9. The van der Waals surface area contributed by atoms with E-state index in [-0.39, 0.29) is 24.3 Å². The van der Waals surface area contributed by atoms with E-state index in [2.05, 4.69) is 5.32 Å². The number of anilines is 1. The van der Waals surface area contributed by atoms with E-state index in [1.54, 1.807) is 18.2 Å². The van der Waals surface area contributed by atoms with Crippen molar-refractivity contribution < 1.29 is 14.3 Å². The second-order valence-electron chi connectivity index (χ2n) is 4.95. The van der Waals surface area contributed by atoms with E-state index in [1.165, 1.54) is 12.0 Å². The standard InChI is InChI=1S/C14H17ClN2O3/c1-8(2)17-13(18)7-11(14(17)19)16-9-4-5-10(15)12(6-9)20-3/h4-6,8,11,16H,7H2,1-3H3. The number of nitrogens with zero attached hydrogens (tertiary/aromatic N) is 1. The van der Waals surface area contributed by atoms with Gasteiger partial charge in [0, 0.05) is 17.8 Å². The molecule has 108 valence electrons. The summed E-state index contributed by atoms with van der Waals surface area (Å²) in [7, 11) is 1.52. The summed E-state index contributed by atoms with van der Waals surface area (Å²) in [5.74, 6) is 0.177. The molecule has 1 aromatic rings. The SMILES string of the molecule is COc1cc(NC2CC(=O)N(C(C)C)C2=O)ccc1Cl. The molecular weight excluding hydrogens is 280 g/mol. The highest BCUT2D eigenvalue weighted by atomic mass is 35.5. The van der Waals surface area contributed by atoms with Crippen molar-refractivity contribution in [3.8, 4) is 5.75 Å². The fourth-order valence-electron chi connectivity index (χ4n) is 2.26. The average Bonchev–Trinajstić information content (AvgIpc) is 2.66. The van der Waals surface area contributed by atoms with Gasteiger partial charge in [0.05, 0.1) is 18.6 Å². The molecule has 2 amide bonds. The van der Waals surface area contributed by atoms with Crippen molar-refractivity contribution in [1.29, 1.82) is 0 Å². The van der Waals surface area contributed by atoms with Crippen LogP contribution in [0, 0.1) is 0 Å². The Morgan fingerprint density at radius 2 is 2.10 bits per heavy atom. The number of halogens is 1. The van der Waals surface area contributed by atoms with Gasteiger partial charge in [-0.1, -0.05) is 11.6 Å². The van der Waals surface area contributed by atoms with Gasteiger partial charge in [0.15, 0.2) is 0 Å². The van der Waals surface area contributed by atoms with Crippen LogP contribution in [0.25, 0.3) is 0 Å². The molecule has 1 aliphatic rings. The van der Waals surface area contributed by atoms with Gasteiger partial charge in [0.25, 0.3) is 5.91 Å². The summed E-state index contributed by atoms with van der Waals surface area (Å²) in [5.41, 5.74) is 0.697. The van der Waals surface area contributed by atoms with Crippen LogP contribution in [0.4, 0.5) is 5.69 Å². The van der Waals surface area contributed by atoms with Crippen LogP contribution in [0.2, 0.25) is 5.02 Å². The van der Waals surface area contributed by atoms with Crippen LogP contribution < -0.4 is 10.1 Å². The number of hydrogen-bond acceptors (Lipinski definition) is 4. The van der Waals surface area contributed by atoms with E-state index in [9.17, 15) is 9.59 Å². The fourth-order valence-corrected chi connectivity index (χ4v) is 2.45. The first-order valence-corrected chi connectivity index (χ1v) is 6.77. The summed E-state index contributed by atoms with van der Waals surface area (Å²) in [6.07, 6.45) is 0.169. The second kappa shape index (κ2) is 5.71. The van der Waals surface area contributed by atoms with E-state index in [0.29, 0.717) is 16.5 Å². The molecule has 1 fully saturated rings. The molecule has 0 aromatic heterocycles. The normalized spacial score (nSPS) is 18.9. The molecule has 6 heteroatoms.